The van der Waals surface area contributed by atoms with Gasteiger partial charge in [0.05, 0.1) is 13.7 Å². The summed E-state index contributed by atoms with van der Waals surface area (Å²) in [5.74, 6) is 1.44. The van der Waals surface area contributed by atoms with Crippen LogP contribution in [0, 0.1) is 6.92 Å². The van der Waals surface area contributed by atoms with Gasteiger partial charge in [-0.3, -0.25) is 9.79 Å². The quantitative estimate of drug-likeness (QED) is 0.325. The van der Waals surface area contributed by atoms with Gasteiger partial charge in [0, 0.05) is 32.2 Å². The topological polar surface area (TPSA) is 66.0 Å². The molecule has 2 rings (SSSR count). The molecule has 158 valence electrons. The van der Waals surface area contributed by atoms with Crippen LogP contribution in [0.1, 0.15) is 23.6 Å². The Bertz CT molecular complexity index is 797. The molecule has 1 amide bonds. The monoisotopic (exact) mass is 510 g/mol. The van der Waals surface area contributed by atoms with Gasteiger partial charge in [0.1, 0.15) is 5.75 Å². The number of aryl methyl sites for hydroxylation is 1. The SMILES string of the molecule is CCN(Cc1ccccc1)C(=O)CNC(=NC)NCc1ccc(C)cc1OC.I. The molecule has 6 nitrogen and oxygen atoms in total. The number of carbonyl (C=O) groups excluding carboxylic acids is 1. The van der Waals surface area contributed by atoms with Gasteiger partial charge in [-0.25, -0.2) is 0 Å². The summed E-state index contributed by atoms with van der Waals surface area (Å²) in [7, 11) is 3.35. The molecule has 0 saturated carbocycles. The number of hydrogen-bond donors (Lipinski definition) is 2. The Morgan fingerprint density at radius 2 is 1.86 bits per heavy atom. The smallest absolute Gasteiger partial charge is 0.242 e. The van der Waals surface area contributed by atoms with Crippen molar-refractivity contribution in [3.8, 4) is 5.75 Å². The number of amides is 1. The summed E-state index contributed by atoms with van der Waals surface area (Å²) in [5.41, 5.74) is 3.29. The van der Waals surface area contributed by atoms with Crippen LogP contribution in [-0.4, -0.2) is 44.0 Å². The van der Waals surface area contributed by atoms with Crippen LogP contribution in [0.15, 0.2) is 53.5 Å². The molecule has 0 fully saturated rings. The van der Waals surface area contributed by atoms with Gasteiger partial charge < -0.3 is 20.3 Å². The van der Waals surface area contributed by atoms with Crippen LogP contribution in [-0.2, 0) is 17.9 Å². The van der Waals surface area contributed by atoms with E-state index in [1.807, 2.05) is 67.3 Å². The largest absolute Gasteiger partial charge is 0.496 e. The number of rotatable bonds is 8. The van der Waals surface area contributed by atoms with Crippen molar-refractivity contribution in [3.63, 3.8) is 0 Å². The number of ether oxygens (including phenoxy) is 1. The minimum atomic E-state index is 0. The van der Waals surface area contributed by atoms with E-state index >= 15 is 0 Å². The minimum absolute atomic E-state index is 0. The minimum Gasteiger partial charge on any atom is -0.496 e. The average molecular weight is 510 g/mol. The summed E-state index contributed by atoms with van der Waals surface area (Å²) in [4.78, 5) is 18.6. The van der Waals surface area contributed by atoms with E-state index in [4.69, 9.17) is 4.74 Å². The van der Waals surface area contributed by atoms with Gasteiger partial charge in [0.15, 0.2) is 5.96 Å². The molecule has 0 bridgehead atoms. The highest BCUT2D eigenvalue weighted by molar-refractivity contribution is 14.0. The maximum absolute atomic E-state index is 12.6. The maximum Gasteiger partial charge on any atom is 0.242 e. The number of halogens is 1. The van der Waals surface area contributed by atoms with Crippen LogP contribution in [0.25, 0.3) is 0 Å². The van der Waals surface area contributed by atoms with Crippen molar-refractivity contribution < 1.29 is 9.53 Å². The van der Waals surface area contributed by atoms with Crippen LogP contribution in [0.3, 0.4) is 0 Å². The third-order valence-corrected chi connectivity index (χ3v) is 4.47. The van der Waals surface area contributed by atoms with Crippen molar-refractivity contribution in [1.82, 2.24) is 15.5 Å². The van der Waals surface area contributed by atoms with Crippen molar-refractivity contribution in [2.45, 2.75) is 26.9 Å². The predicted molar refractivity (Wildman–Crippen MR) is 129 cm³/mol. The number of aliphatic imine (C=N–C) groups is 1. The van der Waals surface area contributed by atoms with Crippen molar-refractivity contribution in [2.75, 3.05) is 27.2 Å². The summed E-state index contributed by atoms with van der Waals surface area (Å²) in [6, 6.07) is 16.1. The number of carbonyl (C=O) groups is 1. The molecule has 0 unspecified atom stereocenters. The molecule has 29 heavy (non-hydrogen) atoms. The summed E-state index contributed by atoms with van der Waals surface area (Å²) in [6.07, 6.45) is 0. The second kappa shape index (κ2) is 13.0. The third kappa shape index (κ3) is 7.92. The standard InChI is InChI=1S/C22H30N4O2.HI/c1-5-26(16-18-9-7-6-8-10-18)21(27)15-25-22(23-3)24-14-19-12-11-17(2)13-20(19)28-4;/h6-13H,5,14-16H2,1-4H3,(H2,23,24,25);1H. The Morgan fingerprint density at radius 1 is 1.14 bits per heavy atom. The first-order chi connectivity index (χ1) is 13.6. The molecular weight excluding hydrogens is 479 g/mol. The number of hydrogen-bond acceptors (Lipinski definition) is 3. The van der Waals surface area contributed by atoms with E-state index in [1.54, 1.807) is 14.2 Å². The number of nitrogens with one attached hydrogen (secondary N) is 2. The number of nitrogens with zero attached hydrogens (tertiary/aromatic N) is 2. The molecule has 0 saturated heterocycles. The molecule has 0 atom stereocenters. The van der Waals surface area contributed by atoms with E-state index < -0.39 is 0 Å². The van der Waals surface area contributed by atoms with Crippen LogP contribution in [0.4, 0.5) is 0 Å². The van der Waals surface area contributed by atoms with Crippen molar-refractivity contribution >= 4 is 35.8 Å². The Balaban J connectivity index is 0.00000420. The first-order valence-corrected chi connectivity index (χ1v) is 9.47. The molecule has 0 spiro atoms. The lowest BCUT2D eigenvalue weighted by atomic mass is 10.1. The van der Waals surface area contributed by atoms with Gasteiger partial charge in [-0.1, -0.05) is 42.5 Å². The molecule has 2 aromatic carbocycles. The molecular formula is C22H31IN4O2. The first kappa shape index (κ1) is 24.7. The van der Waals surface area contributed by atoms with Crippen molar-refractivity contribution in [1.29, 1.82) is 0 Å². The van der Waals surface area contributed by atoms with E-state index in [0.29, 0.717) is 25.6 Å². The lowest BCUT2D eigenvalue weighted by Gasteiger charge is -2.22. The van der Waals surface area contributed by atoms with Crippen molar-refractivity contribution in [2.24, 2.45) is 4.99 Å². The second-order valence-electron chi connectivity index (χ2n) is 6.49. The molecule has 0 aliphatic heterocycles. The average Bonchev–Trinajstić information content (AvgIpc) is 2.73. The molecule has 0 aliphatic carbocycles. The van der Waals surface area contributed by atoms with Gasteiger partial charge in [-0.15, -0.1) is 24.0 Å². The van der Waals surface area contributed by atoms with E-state index in [0.717, 1.165) is 22.4 Å². The fourth-order valence-corrected chi connectivity index (χ4v) is 2.85. The lowest BCUT2D eigenvalue weighted by molar-refractivity contribution is -0.130. The zero-order valence-electron chi connectivity index (χ0n) is 17.6. The van der Waals surface area contributed by atoms with E-state index in [9.17, 15) is 4.79 Å². The highest BCUT2D eigenvalue weighted by Crippen LogP contribution is 2.19. The fraction of sp³-hybridized carbons (Fsp3) is 0.364. The third-order valence-electron chi connectivity index (χ3n) is 4.47. The predicted octanol–water partition coefficient (Wildman–Crippen LogP) is 3.34. The first-order valence-electron chi connectivity index (χ1n) is 9.47. The Morgan fingerprint density at radius 3 is 2.48 bits per heavy atom. The summed E-state index contributed by atoms with van der Waals surface area (Å²) < 4.78 is 5.43. The zero-order valence-corrected chi connectivity index (χ0v) is 19.9. The van der Waals surface area contributed by atoms with Crippen LogP contribution >= 0.6 is 24.0 Å². The second-order valence-corrected chi connectivity index (χ2v) is 6.49. The Kier molecular flexibility index (Phi) is 11.1. The molecule has 2 aromatic rings. The molecule has 0 radical (unpaired) electrons. The number of guanidine groups is 1. The molecule has 0 aromatic heterocycles. The number of benzene rings is 2. The van der Waals surface area contributed by atoms with Gasteiger partial charge in [-0.2, -0.15) is 0 Å². The number of methoxy groups -OCH3 is 1. The Labute approximate surface area is 190 Å². The fourth-order valence-electron chi connectivity index (χ4n) is 2.85. The highest BCUT2D eigenvalue weighted by Gasteiger charge is 2.13. The van der Waals surface area contributed by atoms with Gasteiger partial charge in [0.2, 0.25) is 5.91 Å². The van der Waals surface area contributed by atoms with Crippen LogP contribution in [0.2, 0.25) is 0 Å². The van der Waals surface area contributed by atoms with E-state index in [1.165, 1.54) is 0 Å². The van der Waals surface area contributed by atoms with Crippen molar-refractivity contribution in [3.05, 3.63) is 65.2 Å². The van der Waals surface area contributed by atoms with Crippen LogP contribution in [0.5, 0.6) is 5.75 Å². The van der Waals surface area contributed by atoms with E-state index in [-0.39, 0.29) is 36.4 Å². The highest BCUT2D eigenvalue weighted by atomic mass is 127. The van der Waals surface area contributed by atoms with Gasteiger partial charge >= 0.3 is 0 Å². The lowest BCUT2D eigenvalue weighted by Crippen LogP contribution is -2.44. The summed E-state index contributed by atoms with van der Waals surface area (Å²) in [5, 5.41) is 6.33. The van der Waals surface area contributed by atoms with Crippen LogP contribution < -0.4 is 15.4 Å². The molecule has 7 heteroatoms. The number of likely N-dealkylation sites (N-methyl/N-ethyl adjacent to an activating group) is 1. The summed E-state index contributed by atoms with van der Waals surface area (Å²) >= 11 is 0. The normalized spacial score (nSPS) is 10.7. The van der Waals surface area contributed by atoms with Gasteiger partial charge in [-0.05, 0) is 31.0 Å². The van der Waals surface area contributed by atoms with E-state index in [2.05, 4.69) is 15.6 Å². The Hall–Kier alpha value is -2.29. The zero-order chi connectivity index (χ0) is 20.4. The molecule has 0 heterocycles. The maximum atomic E-state index is 12.6. The summed E-state index contributed by atoms with van der Waals surface area (Å²) in [6.45, 7) is 6.01. The molecule has 0 aliphatic rings. The van der Waals surface area contributed by atoms with Gasteiger partial charge in [0.25, 0.3) is 0 Å². The molecule has 2 N–H and O–H groups in total.